The number of nitrogens with one attached hydrogen (secondary N) is 2. The van der Waals surface area contributed by atoms with Gasteiger partial charge in [0, 0.05) is 18.2 Å². The van der Waals surface area contributed by atoms with Crippen LogP contribution < -0.4 is 25.6 Å². The van der Waals surface area contributed by atoms with Gasteiger partial charge in [-0.15, -0.1) is 0 Å². The van der Waals surface area contributed by atoms with E-state index in [0.717, 1.165) is 11.1 Å². The molecule has 3 aliphatic carbocycles. The van der Waals surface area contributed by atoms with Crippen LogP contribution in [-0.4, -0.2) is 38.4 Å². The van der Waals surface area contributed by atoms with Gasteiger partial charge in [-0.05, 0) is 56.0 Å². The molecule has 9 heteroatoms. The van der Waals surface area contributed by atoms with Crippen LogP contribution in [0.1, 0.15) is 30.4 Å². The van der Waals surface area contributed by atoms with Crippen molar-refractivity contribution in [1.82, 2.24) is 10.6 Å². The number of carbonyl (C=O) groups excluding carboxylic acids is 2. The van der Waals surface area contributed by atoms with Gasteiger partial charge in [0.2, 0.25) is 0 Å². The van der Waals surface area contributed by atoms with Crippen molar-refractivity contribution < 1.29 is 23.5 Å². The fourth-order valence-corrected chi connectivity index (χ4v) is 4.39. The Morgan fingerprint density at radius 1 is 1.09 bits per heavy atom. The summed E-state index contributed by atoms with van der Waals surface area (Å²) in [4.78, 5) is 24.9. The molecule has 0 spiro atoms. The van der Waals surface area contributed by atoms with Gasteiger partial charge in [-0.3, -0.25) is 9.59 Å². The first-order valence-corrected chi connectivity index (χ1v) is 11.3. The predicted octanol–water partition coefficient (Wildman–Crippen LogP) is 2.26. The summed E-state index contributed by atoms with van der Waals surface area (Å²) in [6.07, 6.45) is 1.27. The van der Waals surface area contributed by atoms with E-state index < -0.39 is 17.3 Å². The van der Waals surface area contributed by atoms with E-state index in [4.69, 9.17) is 17.3 Å². The van der Waals surface area contributed by atoms with E-state index in [-0.39, 0.29) is 30.8 Å². The molecule has 178 valence electrons. The summed E-state index contributed by atoms with van der Waals surface area (Å²) < 4.78 is 24.6. The van der Waals surface area contributed by atoms with Crippen LogP contribution in [0.2, 0.25) is 0 Å². The predicted molar refractivity (Wildman–Crippen MR) is 128 cm³/mol. The summed E-state index contributed by atoms with van der Waals surface area (Å²) in [6, 6.07) is 11.9. The summed E-state index contributed by atoms with van der Waals surface area (Å²) >= 11 is 0. The summed E-state index contributed by atoms with van der Waals surface area (Å²) in [5, 5.41) is 15.5. The van der Waals surface area contributed by atoms with Crippen molar-refractivity contribution in [3.05, 3.63) is 64.6 Å². The minimum absolute atomic E-state index is 0.185. The molecule has 0 aromatic heterocycles. The standard InChI is InChI=1S/C26H25BFN3O4/c1-15-3-5-19(8-21(15)27)34-13-24(32)30-23-7-18(12-29)26(10-17(23)11-26)31-25(33)14-35-20-6-4-16(2)22(28)9-20/h3-6,8-9,18H,7,10-11,13-14H2,1-2H3,(H,30,32)(H,31,33). The monoisotopic (exact) mass is 473 g/mol. The van der Waals surface area contributed by atoms with E-state index in [1.54, 1.807) is 31.2 Å². The number of hydrogen-bond donors (Lipinski definition) is 2. The maximum atomic E-state index is 13.7. The fraction of sp³-hybridized carbons (Fsp3) is 0.346. The number of benzene rings is 2. The third kappa shape index (κ3) is 5.32. The van der Waals surface area contributed by atoms with Gasteiger partial charge >= 0.3 is 0 Å². The first kappa shape index (κ1) is 24.3. The van der Waals surface area contributed by atoms with Crippen molar-refractivity contribution in [1.29, 1.82) is 5.26 Å². The molecule has 3 aliphatic rings. The van der Waals surface area contributed by atoms with Gasteiger partial charge in [-0.2, -0.15) is 5.26 Å². The highest BCUT2D eigenvalue weighted by Crippen LogP contribution is 2.50. The van der Waals surface area contributed by atoms with Crippen LogP contribution in [0.15, 0.2) is 47.7 Å². The quantitative estimate of drug-likeness (QED) is 0.573. The number of nitrogens with zero attached hydrogens (tertiary/aromatic N) is 1. The maximum Gasteiger partial charge on any atom is 0.262 e. The number of nitriles is 1. The second-order valence-electron chi connectivity index (χ2n) is 9.08. The summed E-state index contributed by atoms with van der Waals surface area (Å²) in [5.74, 6) is -0.866. The molecule has 1 atom stereocenters. The lowest BCUT2D eigenvalue weighted by atomic mass is 9.59. The Morgan fingerprint density at radius 2 is 1.71 bits per heavy atom. The molecule has 0 heterocycles. The molecule has 0 saturated heterocycles. The van der Waals surface area contributed by atoms with E-state index in [0.29, 0.717) is 41.7 Å². The minimum atomic E-state index is -0.687. The first-order chi connectivity index (χ1) is 16.7. The number of allylic oxidation sites excluding steroid dienone is 1. The highest BCUT2D eigenvalue weighted by Gasteiger charge is 2.53. The second-order valence-corrected chi connectivity index (χ2v) is 9.08. The van der Waals surface area contributed by atoms with Crippen molar-refractivity contribution in [2.45, 2.75) is 38.6 Å². The topological polar surface area (TPSA) is 100 Å². The van der Waals surface area contributed by atoms with Crippen LogP contribution in [0.25, 0.3) is 0 Å². The number of aryl methyl sites for hydroxylation is 2. The van der Waals surface area contributed by atoms with Crippen LogP contribution in [0, 0.1) is 36.9 Å². The van der Waals surface area contributed by atoms with E-state index in [1.807, 2.05) is 13.0 Å². The average molecular weight is 473 g/mol. The van der Waals surface area contributed by atoms with E-state index >= 15 is 0 Å². The Kier molecular flexibility index (Phi) is 6.83. The zero-order chi connectivity index (χ0) is 25.2. The summed E-state index contributed by atoms with van der Waals surface area (Å²) in [5.41, 5.74) is 3.01. The molecule has 2 aromatic carbocycles. The number of hydrogen-bond acceptors (Lipinski definition) is 5. The molecular formula is C26H25BFN3O4. The molecule has 35 heavy (non-hydrogen) atoms. The smallest absolute Gasteiger partial charge is 0.262 e. The molecule has 2 N–H and O–H groups in total. The molecule has 5 rings (SSSR count). The second kappa shape index (κ2) is 9.83. The Balaban J connectivity index is 1.30. The van der Waals surface area contributed by atoms with Gasteiger partial charge in [0.25, 0.3) is 11.8 Å². The molecule has 2 amide bonds. The van der Waals surface area contributed by atoms with Crippen molar-refractivity contribution in [3.8, 4) is 17.6 Å². The van der Waals surface area contributed by atoms with Crippen molar-refractivity contribution in [2.75, 3.05) is 13.2 Å². The lowest BCUT2D eigenvalue weighted by Crippen LogP contribution is -2.63. The minimum Gasteiger partial charge on any atom is -0.484 e. The van der Waals surface area contributed by atoms with Crippen LogP contribution in [0.3, 0.4) is 0 Å². The highest BCUT2D eigenvalue weighted by atomic mass is 19.1. The van der Waals surface area contributed by atoms with E-state index in [1.165, 1.54) is 6.07 Å². The SMILES string of the molecule is [B]c1cc(OCC(=O)NC2=C3CC(NC(=O)COc4ccc(C)c(F)c4)(C3)C(C#N)C2)ccc1C. The fourth-order valence-electron chi connectivity index (χ4n) is 4.39. The molecule has 2 aromatic rings. The van der Waals surface area contributed by atoms with Crippen LogP contribution >= 0.6 is 0 Å². The van der Waals surface area contributed by atoms with Crippen molar-refractivity contribution >= 4 is 25.1 Å². The molecule has 0 aliphatic heterocycles. The normalized spacial score (nSPS) is 20.3. The third-order valence-electron chi connectivity index (χ3n) is 6.53. The van der Waals surface area contributed by atoms with Gasteiger partial charge in [-0.1, -0.05) is 23.2 Å². The zero-order valence-corrected chi connectivity index (χ0v) is 19.6. The van der Waals surface area contributed by atoms with Gasteiger partial charge in [-0.25, -0.2) is 4.39 Å². The highest BCUT2D eigenvalue weighted by molar-refractivity contribution is 6.33. The van der Waals surface area contributed by atoms with Crippen LogP contribution in [0.4, 0.5) is 4.39 Å². The Morgan fingerprint density at radius 3 is 2.34 bits per heavy atom. The molecule has 1 unspecified atom stereocenters. The van der Waals surface area contributed by atoms with Gasteiger partial charge in [0.1, 0.15) is 25.2 Å². The number of amides is 2. The van der Waals surface area contributed by atoms with Crippen LogP contribution in [-0.2, 0) is 9.59 Å². The summed E-state index contributed by atoms with van der Waals surface area (Å²) in [7, 11) is 5.87. The molecular weight excluding hydrogens is 448 g/mol. The Labute approximate surface area is 204 Å². The molecule has 2 bridgehead atoms. The van der Waals surface area contributed by atoms with E-state index in [2.05, 4.69) is 16.7 Å². The van der Waals surface area contributed by atoms with Crippen molar-refractivity contribution in [3.63, 3.8) is 0 Å². The van der Waals surface area contributed by atoms with Gasteiger partial charge in [0.05, 0.1) is 17.5 Å². The van der Waals surface area contributed by atoms with Gasteiger partial charge in [0.15, 0.2) is 13.2 Å². The number of halogens is 1. The van der Waals surface area contributed by atoms with Gasteiger partial charge < -0.3 is 20.1 Å². The average Bonchev–Trinajstić information content (AvgIpc) is 2.80. The lowest BCUT2D eigenvalue weighted by Gasteiger charge is -2.52. The third-order valence-corrected chi connectivity index (χ3v) is 6.53. The summed E-state index contributed by atoms with van der Waals surface area (Å²) in [6.45, 7) is 3.05. The number of fused-ring (bicyclic) bond motifs is 2. The largest absolute Gasteiger partial charge is 0.484 e. The Hall–Kier alpha value is -3.80. The molecule has 2 radical (unpaired) electrons. The molecule has 7 nitrogen and oxygen atoms in total. The number of carbonyl (C=O) groups is 2. The molecule has 1 saturated carbocycles. The molecule has 1 fully saturated rings. The number of ether oxygens (including phenoxy) is 2. The Bertz CT molecular complexity index is 1250. The zero-order valence-electron chi connectivity index (χ0n) is 19.6. The van der Waals surface area contributed by atoms with Crippen molar-refractivity contribution in [2.24, 2.45) is 5.92 Å². The van der Waals surface area contributed by atoms with Crippen LogP contribution in [0.5, 0.6) is 11.5 Å². The lowest BCUT2D eigenvalue weighted by molar-refractivity contribution is -0.127. The van der Waals surface area contributed by atoms with E-state index in [9.17, 15) is 19.2 Å². The maximum absolute atomic E-state index is 13.7. The first-order valence-electron chi connectivity index (χ1n) is 11.3. The number of rotatable bonds is 8.